The average Bonchev–Trinajstić information content (AvgIpc) is 3.14. The van der Waals surface area contributed by atoms with Crippen LogP contribution in [0.4, 0.5) is 13.2 Å². The first-order valence-electron chi connectivity index (χ1n) is 10.5. The quantitative estimate of drug-likeness (QED) is 0.621. The summed E-state index contributed by atoms with van der Waals surface area (Å²) in [5.74, 6) is 0.0340. The van der Waals surface area contributed by atoms with Crippen LogP contribution < -0.4 is 0 Å². The Bertz CT molecular complexity index is 966. The van der Waals surface area contributed by atoms with Gasteiger partial charge in [0.25, 0.3) is 0 Å². The minimum absolute atomic E-state index is 0.00684. The van der Waals surface area contributed by atoms with Crippen LogP contribution in [0, 0.1) is 12.8 Å². The van der Waals surface area contributed by atoms with Crippen molar-refractivity contribution in [1.82, 2.24) is 4.90 Å². The summed E-state index contributed by atoms with van der Waals surface area (Å²) in [4.78, 5) is 20.4. The van der Waals surface area contributed by atoms with Gasteiger partial charge in [-0.1, -0.05) is 48.0 Å². The molecule has 1 aliphatic carbocycles. The van der Waals surface area contributed by atoms with Gasteiger partial charge in [-0.15, -0.1) is 0 Å². The van der Waals surface area contributed by atoms with Crippen LogP contribution in [0.5, 0.6) is 0 Å². The molecule has 1 unspecified atom stereocenters. The molecule has 4 nitrogen and oxygen atoms in total. The standard InChI is InChI=1S/C24H25F3N2O2/c1-16-5-2-3-8-21(16)22-13-20(31-28-22)15-29(23(30)18-6-4-7-18)14-17-9-11-19(12-10-17)24(25,26)27/h2-3,5,8-12,18,20H,4,6-7,13-15H2,1H3. The van der Waals surface area contributed by atoms with Gasteiger partial charge in [-0.25, -0.2) is 0 Å². The van der Waals surface area contributed by atoms with Crippen LogP contribution in [0.15, 0.2) is 53.7 Å². The molecule has 1 amide bonds. The first kappa shape index (κ1) is 21.4. The molecule has 164 valence electrons. The molecule has 0 saturated heterocycles. The highest BCUT2D eigenvalue weighted by Crippen LogP contribution is 2.31. The first-order valence-corrected chi connectivity index (χ1v) is 10.5. The number of carbonyl (C=O) groups excluding carboxylic acids is 1. The van der Waals surface area contributed by atoms with E-state index in [0.717, 1.165) is 48.2 Å². The Morgan fingerprint density at radius 1 is 1.13 bits per heavy atom. The highest BCUT2D eigenvalue weighted by molar-refractivity contribution is 6.02. The summed E-state index contributed by atoms with van der Waals surface area (Å²) >= 11 is 0. The number of halogens is 3. The van der Waals surface area contributed by atoms with Crippen molar-refractivity contribution >= 4 is 11.6 Å². The largest absolute Gasteiger partial charge is 0.416 e. The summed E-state index contributed by atoms with van der Waals surface area (Å²) in [6, 6.07) is 12.9. The van der Waals surface area contributed by atoms with Gasteiger partial charge in [0.2, 0.25) is 5.91 Å². The molecule has 1 saturated carbocycles. The number of carbonyl (C=O) groups is 1. The molecular weight excluding hydrogens is 405 g/mol. The van der Waals surface area contributed by atoms with E-state index in [9.17, 15) is 18.0 Å². The first-order chi connectivity index (χ1) is 14.8. The van der Waals surface area contributed by atoms with E-state index < -0.39 is 11.7 Å². The predicted molar refractivity (Wildman–Crippen MR) is 111 cm³/mol. The number of alkyl halides is 3. The normalized spacial score (nSPS) is 18.8. The number of aryl methyl sites for hydroxylation is 1. The number of amides is 1. The number of nitrogens with zero attached hydrogens (tertiary/aromatic N) is 2. The molecule has 0 N–H and O–H groups in total. The summed E-state index contributed by atoms with van der Waals surface area (Å²) in [5.41, 5.74) is 2.97. The zero-order chi connectivity index (χ0) is 22.0. The lowest BCUT2D eigenvalue weighted by Crippen LogP contribution is -2.42. The molecule has 1 fully saturated rings. The van der Waals surface area contributed by atoms with Gasteiger partial charge in [-0.05, 0) is 43.0 Å². The van der Waals surface area contributed by atoms with Crippen molar-refractivity contribution in [3.63, 3.8) is 0 Å². The highest BCUT2D eigenvalue weighted by Gasteiger charge is 2.34. The number of benzene rings is 2. The van der Waals surface area contributed by atoms with E-state index in [-0.39, 0.29) is 24.5 Å². The number of rotatable bonds is 6. The molecule has 2 aromatic carbocycles. The molecule has 31 heavy (non-hydrogen) atoms. The van der Waals surface area contributed by atoms with E-state index in [2.05, 4.69) is 5.16 Å². The number of hydrogen-bond acceptors (Lipinski definition) is 3. The van der Waals surface area contributed by atoms with Crippen molar-refractivity contribution in [1.29, 1.82) is 0 Å². The van der Waals surface area contributed by atoms with Gasteiger partial charge in [0.1, 0.15) is 0 Å². The van der Waals surface area contributed by atoms with Crippen molar-refractivity contribution < 1.29 is 22.8 Å². The van der Waals surface area contributed by atoms with Crippen LogP contribution in [0.3, 0.4) is 0 Å². The second-order valence-electron chi connectivity index (χ2n) is 8.33. The van der Waals surface area contributed by atoms with E-state index in [1.165, 1.54) is 12.1 Å². The van der Waals surface area contributed by atoms with E-state index in [4.69, 9.17) is 4.84 Å². The summed E-state index contributed by atoms with van der Waals surface area (Å²) < 4.78 is 38.6. The second-order valence-corrected chi connectivity index (χ2v) is 8.33. The summed E-state index contributed by atoms with van der Waals surface area (Å²) in [5, 5.41) is 4.24. The van der Waals surface area contributed by atoms with Gasteiger partial charge < -0.3 is 9.74 Å². The Balaban J connectivity index is 1.45. The minimum Gasteiger partial charge on any atom is -0.390 e. The van der Waals surface area contributed by atoms with Crippen LogP contribution in [-0.2, 0) is 22.4 Å². The van der Waals surface area contributed by atoms with Gasteiger partial charge in [-0.3, -0.25) is 4.79 Å². The molecule has 0 spiro atoms. The molecule has 0 bridgehead atoms. The maximum atomic E-state index is 13.0. The van der Waals surface area contributed by atoms with E-state index >= 15 is 0 Å². The third kappa shape index (κ3) is 4.92. The fourth-order valence-electron chi connectivity index (χ4n) is 3.99. The SMILES string of the molecule is Cc1ccccc1C1=NOC(CN(Cc2ccc(C(F)(F)F)cc2)C(=O)C2CCC2)C1. The Hall–Kier alpha value is -2.83. The fraction of sp³-hybridized carbons (Fsp3) is 0.417. The van der Waals surface area contributed by atoms with Crippen LogP contribution in [0.25, 0.3) is 0 Å². The maximum absolute atomic E-state index is 13.0. The van der Waals surface area contributed by atoms with Crippen LogP contribution in [-0.4, -0.2) is 29.2 Å². The second kappa shape index (κ2) is 8.73. The van der Waals surface area contributed by atoms with Crippen LogP contribution >= 0.6 is 0 Å². The van der Waals surface area contributed by atoms with Gasteiger partial charge in [0.15, 0.2) is 6.10 Å². The average molecular weight is 430 g/mol. The van der Waals surface area contributed by atoms with Crippen molar-refractivity contribution in [3.8, 4) is 0 Å². The molecule has 7 heteroatoms. The molecule has 2 aromatic rings. The van der Waals surface area contributed by atoms with Gasteiger partial charge >= 0.3 is 6.18 Å². The van der Waals surface area contributed by atoms with Crippen molar-refractivity contribution in [2.24, 2.45) is 11.1 Å². The lowest BCUT2D eigenvalue weighted by atomic mass is 9.84. The van der Waals surface area contributed by atoms with Crippen molar-refractivity contribution in [2.45, 2.75) is 51.4 Å². The van der Waals surface area contributed by atoms with E-state index in [0.29, 0.717) is 18.5 Å². The van der Waals surface area contributed by atoms with Gasteiger partial charge in [-0.2, -0.15) is 13.2 Å². The van der Waals surface area contributed by atoms with Crippen molar-refractivity contribution in [3.05, 3.63) is 70.8 Å². The molecule has 1 atom stereocenters. The third-order valence-electron chi connectivity index (χ3n) is 6.03. The molecule has 2 aliphatic rings. The Morgan fingerprint density at radius 3 is 2.45 bits per heavy atom. The van der Waals surface area contributed by atoms with Crippen molar-refractivity contribution in [2.75, 3.05) is 6.54 Å². The lowest BCUT2D eigenvalue weighted by molar-refractivity contribution is -0.141. The summed E-state index contributed by atoms with van der Waals surface area (Å²) in [6.45, 7) is 2.63. The molecule has 1 aliphatic heterocycles. The minimum atomic E-state index is -4.37. The molecule has 4 rings (SSSR count). The molecule has 0 radical (unpaired) electrons. The third-order valence-corrected chi connectivity index (χ3v) is 6.03. The Labute approximate surface area is 179 Å². The summed E-state index contributed by atoms with van der Waals surface area (Å²) in [6.07, 6.45) is -1.30. The van der Waals surface area contributed by atoms with Crippen LogP contribution in [0.1, 0.15) is 47.9 Å². The monoisotopic (exact) mass is 430 g/mol. The summed E-state index contributed by atoms with van der Waals surface area (Å²) in [7, 11) is 0. The Kier molecular flexibility index (Phi) is 6.03. The zero-order valence-electron chi connectivity index (χ0n) is 17.4. The molecule has 0 aromatic heterocycles. The number of oxime groups is 1. The maximum Gasteiger partial charge on any atom is 0.416 e. The van der Waals surface area contributed by atoms with Gasteiger partial charge in [0.05, 0.1) is 17.8 Å². The zero-order valence-corrected chi connectivity index (χ0v) is 17.4. The smallest absolute Gasteiger partial charge is 0.390 e. The fourth-order valence-corrected chi connectivity index (χ4v) is 3.99. The Morgan fingerprint density at radius 2 is 1.84 bits per heavy atom. The van der Waals surface area contributed by atoms with Gasteiger partial charge in [0, 0.05) is 24.4 Å². The number of hydrogen-bond donors (Lipinski definition) is 0. The van der Waals surface area contributed by atoms with E-state index in [1.54, 1.807) is 4.90 Å². The highest BCUT2D eigenvalue weighted by atomic mass is 19.4. The molecule has 1 heterocycles. The predicted octanol–water partition coefficient (Wildman–Crippen LogP) is 5.34. The lowest BCUT2D eigenvalue weighted by Gasteiger charge is -2.32. The molecular formula is C24H25F3N2O2. The van der Waals surface area contributed by atoms with E-state index in [1.807, 2.05) is 31.2 Å². The van der Waals surface area contributed by atoms with Crippen LogP contribution in [0.2, 0.25) is 0 Å². The topological polar surface area (TPSA) is 41.9 Å².